The third-order valence-electron chi connectivity index (χ3n) is 2.79. The minimum absolute atomic E-state index is 0.0634. The monoisotopic (exact) mass is 308 g/mol. The van der Waals surface area contributed by atoms with E-state index in [1.807, 2.05) is 0 Å². The van der Waals surface area contributed by atoms with Crippen LogP contribution in [0.15, 0.2) is 36.7 Å². The minimum Gasteiger partial charge on any atom is -0.435 e. The lowest BCUT2D eigenvalue weighted by Crippen LogP contribution is -2.27. The number of aromatic nitrogens is 2. The molecule has 1 amide bonds. The lowest BCUT2D eigenvalue weighted by molar-refractivity contribution is -0.0498. The molecular formula is C14H14F2N4O2. The average Bonchev–Trinajstić information content (AvgIpc) is 2.49. The van der Waals surface area contributed by atoms with Crippen LogP contribution in [0, 0.1) is 0 Å². The first-order valence-corrected chi connectivity index (χ1v) is 6.44. The summed E-state index contributed by atoms with van der Waals surface area (Å²) in [6, 6.07) is 6.20. The van der Waals surface area contributed by atoms with Gasteiger partial charge >= 0.3 is 6.61 Å². The van der Waals surface area contributed by atoms with Crippen molar-refractivity contribution in [2.75, 3.05) is 12.3 Å². The Balaban J connectivity index is 1.83. The van der Waals surface area contributed by atoms with Gasteiger partial charge in [0.25, 0.3) is 5.91 Å². The molecule has 0 unspecified atom stereocenters. The second-order valence-electron chi connectivity index (χ2n) is 4.32. The maximum Gasteiger partial charge on any atom is 0.387 e. The van der Waals surface area contributed by atoms with E-state index in [9.17, 15) is 13.6 Å². The molecule has 6 nitrogen and oxygen atoms in total. The van der Waals surface area contributed by atoms with Crippen molar-refractivity contribution >= 4 is 11.7 Å². The van der Waals surface area contributed by atoms with E-state index in [1.165, 1.54) is 24.5 Å². The van der Waals surface area contributed by atoms with E-state index in [1.54, 1.807) is 12.1 Å². The van der Waals surface area contributed by atoms with Gasteiger partial charge in [-0.05, 0) is 24.1 Å². The second-order valence-corrected chi connectivity index (χ2v) is 4.32. The number of benzene rings is 1. The summed E-state index contributed by atoms with van der Waals surface area (Å²) in [5.41, 5.74) is 6.49. The van der Waals surface area contributed by atoms with Crippen molar-refractivity contribution in [3.8, 4) is 5.75 Å². The highest BCUT2D eigenvalue weighted by Gasteiger charge is 2.11. The molecular weight excluding hydrogens is 294 g/mol. The summed E-state index contributed by atoms with van der Waals surface area (Å²) < 4.78 is 28.3. The van der Waals surface area contributed by atoms with Crippen LogP contribution < -0.4 is 15.8 Å². The lowest BCUT2D eigenvalue weighted by atomic mass is 10.1. The van der Waals surface area contributed by atoms with Gasteiger partial charge < -0.3 is 15.8 Å². The molecule has 0 aliphatic carbocycles. The zero-order valence-corrected chi connectivity index (χ0v) is 11.5. The Morgan fingerprint density at radius 3 is 2.55 bits per heavy atom. The molecule has 2 aromatic rings. The molecule has 3 N–H and O–H groups in total. The van der Waals surface area contributed by atoms with Crippen LogP contribution in [-0.2, 0) is 6.42 Å². The number of hydrogen-bond acceptors (Lipinski definition) is 5. The van der Waals surface area contributed by atoms with E-state index in [4.69, 9.17) is 5.73 Å². The summed E-state index contributed by atoms with van der Waals surface area (Å²) in [5.74, 6) is -0.258. The van der Waals surface area contributed by atoms with Crippen molar-refractivity contribution in [2.45, 2.75) is 13.0 Å². The Morgan fingerprint density at radius 2 is 1.91 bits per heavy atom. The number of rotatable bonds is 6. The molecule has 0 radical (unpaired) electrons. The molecule has 1 aromatic heterocycles. The number of hydrogen-bond donors (Lipinski definition) is 2. The summed E-state index contributed by atoms with van der Waals surface area (Å²) in [6.45, 7) is -2.49. The SMILES string of the molecule is Nc1nccnc1C(=O)NCCc1ccc(OC(F)F)cc1. The number of nitrogens with one attached hydrogen (secondary N) is 1. The zero-order chi connectivity index (χ0) is 15.9. The van der Waals surface area contributed by atoms with Crippen LogP contribution in [0.3, 0.4) is 0 Å². The van der Waals surface area contributed by atoms with Crippen LogP contribution in [0.2, 0.25) is 0 Å². The molecule has 0 aliphatic rings. The quantitative estimate of drug-likeness (QED) is 0.846. The largest absolute Gasteiger partial charge is 0.435 e. The average molecular weight is 308 g/mol. The Bertz CT molecular complexity index is 635. The molecule has 8 heteroatoms. The summed E-state index contributed by atoms with van der Waals surface area (Å²) in [4.78, 5) is 19.5. The normalized spacial score (nSPS) is 10.5. The van der Waals surface area contributed by atoms with E-state index in [-0.39, 0.29) is 17.3 Å². The fraction of sp³-hybridized carbons (Fsp3) is 0.214. The minimum atomic E-state index is -2.84. The molecule has 0 bridgehead atoms. The van der Waals surface area contributed by atoms with Crippen LogP contribution in [-0.4, -0.2) is 29.0 Å². The maximum atomic E-state index is 12.0. The number of anilines is 1. The third kappa shape index (κ3) is 4.37. The number of nitrogens with zero attached hydrogens (tertiary/aromatic N) is 2. The molecule has 116 valence electrons. The number of nitrogen functional groups attached to an aromatic ring is 1. The van der Waals surface area contributed by atoms with Gasteiger partial charge in [-0.3, -0.25) is 4.79 Å². The summed E-state index contributed by atoms with van der Waals surface area (Å²) >= 11 is 0. The highest BCUT2D eigenvalue weighted by atomic mass is 19.3. The van der Waals surface area contributed by atoms with Gasteiger partial charge in [-0.2, -0.15) is 8.78 Å². The number of carbonyl (C=O) groups is 1. The fourth-order valence-corrected chi connectivity index (χ4v) is 1.77. The van der Waals surface area contributed by atoms with Crippen molar-refractivity contribution in [1.29, 1.82) is 0 Å². The van der Waals surface area contributed by atoms with E-state index in [0.717, 1.165) is 5.56 Å². The summed E-state index contributed by atoms with van der Waals surface area (Å²) in [7, 11) is 0. The molecule has 0 spiro atoms. The van der Waals surface area contributed by atoms with Gasteiger partial charge in [-0.25, -0.2) is 9.97 Å². The van der Waals surface area contributed by atoms with Crippen molar-refractivity contribution in [2.24, 2.45) is 0 Å². The Hall–Kier alpha value is -2.77. The molecule has 0 atom stereocenters. The van der Waals surface area contributed by atoms with E-state index < -0.39 is 12.5 Å². The van der Waals surface area contributed by atoms with E-state index >= 15 is 0 Å². The van der Waals surface area contributed by atoms with E-state index in [0.29, 0.717) is 13.0 Å². The van der Waals surface area contributed by atoms with Gasteiger partial charge in [0.2, 0.25) is 0 Å². The number of nitrogens with two attached hydrogens (primary N) is 1. The van der Waals surface area contributed by atoms with Gasteiger partial charge in [0.05, 0.1) is 0 Å². The number of carbonyl (C=O) groups excluding carboxylic acids is 1. The molecule has 0 saturated carbocycles. The predicted octanol–water partition coefficient (Wildman–Crippen LogP) is 1.63. The Morgan fingerprint density at radius 1 is 1.23 bits per heavy atom. The van der Waals surface area contributed by atoms with Gasteiger partial charge in [0.15, 0.2) is 11.5 Å². The van der Waals surface area contributed by atoms with Crippen molar-refractivity contribution in [1.82, 2.24) is 15.3 Å². The first kappa shape index (κ1) is 15.6. The van der Waals surface area contributed by atoms with Crippen LogP contribution in [0.4, 0.5) is 14.6 Å². The predicted molar refractivity (Wildman–Crippen MR) is 75.6 cm³/mol. The molecule has 0 aliphatic heterocycles. The first-order valence-electron chi connectivity index (χ1n) is 6.44. The third-order valence-corrected chi connectivity index (χ3v) is 2.79. The number of amides is 1. The van der Waals surface area contributed by atoms with Crippen molar-refractivity contribution in [3.63, 3.8) is 0 Å². The fourth-order valence-electron chi connectivity index (χ4n) is 1.77. The smallest absolute Gasteiger partial charge is 0.387 e. The number of alkyl halides is 2. The molecule has 2 rings (SSSR count). The van der Waals surface area contributed by atoms with Crippen LogP contribution in [0.25, 0.3) is 0 Å². The standard InChI is InChI=1S/C14H14F2N4O2/c15-14(16)22-10-3-1-9(2-4-10)5-6-20-13(21)11-12(17)19-8-7-18-11/h1-4,7-8,14H,5-6H2,(H2,17,19)(H,20,21). The van der Waals surface area contributed by atoms with Crippen LogP contribution in [0.1, 0.15) is 16.1 Å². The van der Waals surface area contributed by atoms with E-state index in [2.05, 4.69) is 20.0 Å². The second kappa shape index (κ2) is 7.30. The highest BCUT2D eigenvalue weighted by Crippen LogP contribution is 2.15. The van der Waals surface area contributed by atoms with Crippen LogP contribution in [0.5, 0.6) is 5.75 Å². The summed E-state index contributed by atoms with van der Waals surface area (Å²) in [6.07, 6.45) is 3.31. The van der Waals surface area contributed by atoms with Gasteiger partial charge in [-0.15, -0.1) is 0 Å². The number of halogens is 2. The van der Waals surface area contributed by atoms with Crippen LogP contribution >= 0.6 is 0 Å². The highest BCUT2D eigenvalue weighted by molar-refractivity contribution is 5.96. The molecule has 1 aromatic carbocycles. The maximum absolute atomic E-state index is 12.0. The number of ether oxygens (including phenoxy) is 1. The zero-order valence-electron chi connectivity index (χ0n) is 11.5. The van der Waals surface area contributed by atoms with Gasteiger partial charge in [0, 0.05) is 18.9 Å². The molecule has 1 heterocycles. The Labute approximate surface area is 125 Å². The molecule has 0 fully saturated rings. The van der Waals surface area contributed by atoms with Crippen molar-refractivity contribution < 1.29 is 18.3 Å². The summed E-state index contributed by atoms with van der Waals surface area (Å²) in [5, 5.41) is 2.66. The first-order chi connectivity index (χ1) is 10.6. The van der Waals surface area contributed by atoms with Gasteiger partial charge in [0.1, 0.15) is 5.75 Å². The van der Waals surface area contributed by atoms with Crippen molar-refractivity contribution in [3.05, 3.63) is 47.9 Å². The molecule has 0 saturated heterocycles. The topological polar surface area (TPSA) is 90.1 Å². The Kier molecular flexibility index (Phi) is 5.18. The van der Waals surface area contributed by atoms with Gasteiger partial charge in [-0.1, -0.05) is 12.1 Å². The lowest BCUT2D eigenvalue weighted by Gasteiger charge is -2.07. The molecule has 22 heavy (non-hydrogen) atoms.